The number of nitrogens with two attached hydrogens (primary N) is 1. The minimum Gasteiger partial charge on any atom is -0.399 e. The topological polar surface area (TPSA) is 29.3 Å². The van der Waals surface area contributed by atoms with Crippen molar-refractivity contribution in [1.29, 1.82) is 0 Å². The fourth-order valence-corrected chi connectivity index (χ4v) is 2.87. The smallest absolute Gasteiger partial charge is 0.0372 e. The highest BCUT2D eigenvalue weighted by Crippen LogP contribution is 2.25. The van der Waals surface area contributed by atoms with Gasteiger partial charge in [-0.3, -0.25) is 0 Å². The van der Waals surface area contributed by atoms with Crippen LogP contribution in [0.5, 0.6) is 0 Å². The van der Waals surface area contributed by atoms with Gasteiger partial charge in [-0.1, -0.05) is 39.5 Å². The third-order valence-corrected chi connectivity index (χ3v) is 4.09. The first kappa shape index (κ1) is 16.9. The predicted molar refractivity (Wildman–Crippen MR) is 91.3 cm³/mol. The Morgan fingerprint density at radius 3 is 1.75 bits per heavy atom. The maximum absolute atomic E-state index is 5.82. The van der Waals surface area contributed by atoms with Crippen LogP contribution in [0.1, 0.15) is 66.2 Å². The molecule has 1 aromatic rings. The molecule has 2 heteroatoms. The van der Waals surface area contributed by atoms with Gasteiger partial charge >= 0.3 is 0 Å². The number of unbranched alkanes of at least 4 members (excludes halogenated alkanes) is 2. The van der Waals surface area contributed by atoms with Crippen molar-refractivity contribution in [3.8, 4) is 0 Å². The van der Waals surface area contributed by atoms with Gasteiger partial charge in [-0.2, -0.15) is 0 Å². The molecular weight excluding hydrogens is 244 g/mol. The lowest BCUT2D eigenvalue weighted by molar-refractivity contribution is 0.478. The average molecular weight is 276 g/mol. The monoisotopic (exact) mass is 276 g/mol. The normalized spacial score (nSPS) is 14.0. The molecule has 0 spiro atoms. The molecule has 0 saturated heterocycles. The highest BCUT2D eigenvalue weighted by atomic mass is 15.2. The van der Waals surface area contributed by atoms with Crippen molar-refractivity contribution in [2.75, 3.05) is 10.6 Å². The first-order chi connectivity index (χ1) is 9.60. The van der Waals surface area contributed by atoms with E-state index in [1.165, 1.54) is 44.2 Å². The van der Waals surface area contributed by atoms with Crippen molar-refractivity contribution < 1.29 is 0 Å². The van der Waals surface area contributed by atoms with E-state index in [0.29, 0.717) is 12.1 Å². The van der Waals surface area contributed by atoms with Gasteiger partial charge in [0.25, 0.3) is 0 Å². The Hall–Kier alpha value is -1.18. The average Bonchev–Trinajstić information content (AvgIpc) is 2.45. The molecule has 0 aromatic heterocycles. The first-order valence-electron chi connectivity index (χ1n) is 8.24. The summed E-state index contributed by atoms with van der Waals surface area (Å²) < 4.78 is 0. The number of nitrogen functional groups attached to an aromatic ring is 1. The number of nitrogens with zero attached hydrogens (tertiary/aromatic N) is 1. The summed E-state index contributed by atoms with van der Waals surface area (Å²) in [6, 6.07) is 9.54. The Morgan fingerprint density at radius 2 is 1.35 bits per heavy atom. The number of benzene rings is 1. The molecule has 0 aliphatic heterocycles. The van der Waals surface area contributed by atoms with Crippen LogP contribution in [0.15, 0.2) is 24.3 Å². The van der Waals surface area contributed by atoms with E-state index in [1.54, 1.807) is 0 Å². The fraction of sp³-hybridized carbons (Fsp3) is 0.667. The molecule has 0 amide bonds. The molecule has 20 heavy (non-hydrogen) atoms. The molecule has 1 aromatic carbocycles. The van der Waals surface area contributed by atoms with Crippen molar-refractivity contribution in [2.24, 2.45) is 0 Å². The maximum atomic E-state index is 5.82. The van der Waals surface area contributed by atoms with Crippen LogP contribution in [0, 0.1) is 0 Å². The Labute approximate surface area is 125 Å². The van der Waals surface area contributed by atoms with Crippen molar-refractivity contribution in [3.63, 3.8) is 0 Å². The third kappa shape index (κ3) is 5.07. The quantitative estimate of drug-likeness (QED) is 0.625. The zero-order valence-corrected chi connectivity index (χ0v) is 13.7. The summed E-state index contributed by atoms with van der Waals surface area (Å²) in [5.74, 6) is 0. The van der Waals surface area contributed by atoms with Crippen molar-refractivity contribution >= 4 is 11.4 Å². The lowest BCUT2D eigenvalue weighted by atomic mass is 10.0. The van der Waals surface area contributed by atoms with E-state index in [1.807, 2.05) is 12.1 Å². The van der Waals surface area contributed by atoms with Gasteiger partial charge in [-0.15, -0.1) is 0 Å². The molecule has 0 saturated carbocycles. The SMILES string of the molecule is CCCCC(C)N(c1ccc(N)cc1)C(C)CCCC. The number of hydrogen-bond acceptors (Lipinski definition) is 2. The summed E-state index contributed by atoms with van der Waals surface area (Å²) >= 11 is 0. The van der Waals surface area contributed by atoms with E-state index >= 15 is 0 Å². The Kier molecular flexibility index (Phi) is 7.50. The zero-order chi connectivity index (χ0) is 15.0. The van der Waals surface area contributed by atoms with Crippen LogP contribution in [0.4, 0.5) is 11.4 Å². The van der Waals surface area contributed by atoms with Gasteiger partial charge in [0.15, 0.2) is 0 Å². The van der Waals surface area contributed by atoms with Gasteiger partial charge in [0.1, 0.15) is 0 Å². The number of rotatable bonds is 9. The van der Waals surface area contributed by atoms with Gasteiger partial charge < -0.3 is 10.6 Å². The van der Waals surface area contributed by atoms with E-state index in [-0.39, 0.29) is 0 Å². The molecule has 1 rings (SSSR count). The molecule has 0 fully saturated rings. The summed E-state index contributed by atoms with van der Waals surface area (Å²) in [5.41, 5.74) is 7.98. The van der Waals surface area contributed by atoms with E-state index < -0.39 is 0 Å². The second-order valence-electron chi connectivity index (χ2n) is 5.98. The second kappa shape index (κ2) is 8.89. The molecule has 0 heterocycles. The number of anilines is 2. The highest BCUT2D eigenvalue weighted by Gasteiger charge is 2.19. The molecule has 0 aliphatic rings. The van der Waals surface area contributed by atoms with Gasteiger partial charge in [0, 0.05) is 23.5 Å². The lowest BCUT2D eigenvalue weighted by Crippen LogP contribution is -2.40. The van der Waals surface area contributed by atoms with Crippen LogP contribution >= 0.6 is 0 Å². The molecule has 2 unspecified atom stereocenters. The van der Waals surface area contributed by atoms with Crippen LogP contribution in [0.25, 0.3) is 0 Å². The summed E-state index contributed by atoms with van der Waals surface area (Å²) in [5, 5.41) is 0. The van der Waals surface area contributed by atoms with Crippen molar-refractivity contribution in [1.82, 2.24) is 0 Å². The summed E-state index contributed by atoms with van der Waals surface area (Å²) in [6.45, 7) is 9.24. The zero-order valence-electron chi connectivity index (χ0n) is 13.7. The Balaban J connectivity index is 2.84. The van der Waals surface area contributed by atoms with Crippen LogP contribution in [0.3, 0.4) is 0 Å². The Morgan fingerprint density at radius 1 is 0.900 bits per heavy atom. The summed E-state index contributed by atoms with van der Waals surface area (Å²) in [6.07, 6.45) is 7.65. The van der Waals surface area contributed by atoms with Gasteiger partial charge in [-0.05, 0) is 51.0 Å². The van der Waals surface area contributed by atoms with Gasteiger partial charge in [-0.25, -0.2) is 0 Å². The summed E-state index contributed by atoms with van der Waals surface area (Å²) in [7, 11) is 0. The minimum atomic E-state index is 0.588. The second-order valence-corrected chi connectivity index (χ2v) is 5.98. The van der Waals surface area contributed by atoms with E-state index in [9.17, 15) is 0 Å². The van der Waals surface area contributed by atoms with E-state index in [4.69, 9.17) is 5.73 Å². The maximum Gasteiger partial charge on any atom is 0.0372 e. The van der Waals surface area contributed by atoms with Crippen molar-refractivity contribution in [2.45, 2.75) is 78.3 Å². The van der Waals surface area contributed by atoms with E-state index in [0.717, 1.165) is 5.69 Å². The van der Waals surface area contributed by atoms with Crippen LogP contribution in [0.2, 0.25) is 0 Å². The standard InChI is InChI=1S/C18H32N2/c1-5-7-9-15(3)20(16(4)10-8-6-2)18-13-11-17(19)12-14-18/h11-16H,5-10,19H2,1-4H3. The molecule has 2 atom stereocenters. The number of hydrogen-bond donors (Lipinski definition) is 1. The van der Waals surface area contributed by atoms with Crippen molar-refractivity contribution in [3.05, 3.63) is 24.3 Å². The molecule has 0 bridgehead atoms. The minimum absolute atomic E-state index is 0.588. The van der Waals surface area contributed by atoms with Crippen LogP contribution in [-0.2, 0) is 0 Å². The highest BCUT2D eigenvalue weighted by molar-refractivity contribution is 5.54. The molecule has 2 nitrogen and oxygen atoms in total. The van der Waals surface area contributed by atoms with Gasteiger partial charge in [0.2, 0.25) is 0 Å². The van der Waals surface area contributed by atoms with Gasteiger partial charge in [0.05, 0.1) is 0 Å². The Bertz CT molecular complexity index is 344. The molecular formula is C18H32N2. The largest absolute Gasteiger partial charge is 0.399 e. The fourth-order valence-electron chi connectivity index (χ4n) is 2.87. The first-order valence-corrected chi connectivity index (χ1v) is 8.24. The third-order valence-electron chi connectivity index (χ3n) is 4.09. The molecule has 0 radical (unpaired) electrons. The predicted octanol–water partition coefficient (Wildman–Crippen LogP) is 5.23. The lowest BCUT2D eigenvalue weighted by Gasteiger charge is -2.37. The molecule has 0 aliphatic carbocycles. The summed E-state index contributed by atoms with van der Waals surface area (Å²) in [4.78, 5) is 2.59. The van der Waals surface area contributed by atoms with E-state index in [2.05, 4.69) is 44.7 Å². The van der Waals surface area contributed by atoms with Crippen LogP contribution in [-0.4, -0.2) is 12.1 Å². The molecule has 2 N–H and O–H groups in total. The van der Waals surface area contributed by atoms with Crippen LogP contribution < -0.4 is 10.6 Å². The molecule has 114 valence electrons.